The summed E-state index contributed by atoms with van der Waals surface area (Å²) in [6.07, 6.45) is -2.41. The Labute approximate surface area is 191 Å². The van der Waals surface area contributed by atoms with E-state index in [-0.39, 0.29) is 25.2 Å². The third-order valence-corrected chi connectivity index (χ3v) is 6.35. The van der Waals surface area contributed by atoms with E-state index in [0.29, 0.717) is 18.9 Å². The van der Waals surface area contributed by atoms with Crippen LogP contribution in [0, 0.1) is 5.92 Å². The summed E-state index contributed by atoms with van der Waals surface area (Å²) in [6, 6.07) is 0.749. The van der Waals surface area contributed by atoms with Crippen molar-refractivity contribution in [2.24, 2.45) is 11.7 Å². The minimum Gasteiger partial charge on any atom is -0.437 e. The highest BCUT2D eigenvalue weighted by atomic mass is 19.4. The fourth-order valence-corrected chi connectivity index (χ4v) is 4.31. The molecule has 186 valence electrons. The number of alkyl halides is 3. The number of ether oxygens (including phenoxy) is 2. The van der Waals surface area contributed by atoms with Crippen molar-refractivity contribution in [1.29, 1.82) is 0 Å². The van der Waals surface area contributed by atoms with Gasteiger partial charge in [0.15, 0.2) is 6.10 Å². The molecule has 2 aliphatic rings. The van der Waals surface area contributed by atoms with E-state index >= 15 is 0 Å². The molecule has 9 nitrogen and oxygen atoms in total. The molecule has 1 amide bonds. The minimum absolute atomic E-state index is 0.0474. The van der Waals surface area contributed by atoms with Gasteiger partial charge in [-0.2, -0.15) is 13.2 Å². The van der Waals surface area contributed by atoms with E-state index in [1.54, 1.807) is 18.5 Å². The highest BCUT2D eigenvalue weighted by molar-refractivity contribution is 5.68. The fourth-order valence-electron chi connectivity index (χ4n) is 4.31. The highest BCUT2D eigenvalue weighted by Crippen LogP contribution is 2.27. The zero-order valence-electron chi connectivity index (χ0n) is 19.0. The zero-order chi connectivity index (χ0) is 24.0. The number of carbonyl (C=O) groups excluding carboxylic acids is 1. The summed E-state index contributed by atoms with van der Waals surface area (Å²) in [7, 11) is 1.81. The van der Waals surface area contributed by atoms with Crippen LogP contribution in [-0.4, -0.2) is 91.3 Å². The topological polar surface area (TPSA) is 106 Å². The number of halogens is 3. The monoisotopic (exact) mass is 474 g/mol. The number of carbonyl (C=O) groups is 1. The summed E-state index contributed by atoms with van der Waals surface area (Å²) in [5, 5.41) is 3.09. The second-order valence-corrected chi connectivity index (χ2v) is 8.58. The average Bonchev–Trinajstić information content (AvgIpc) is 2.80. The molecule has 1 aromatic rings. The first-order valence-corrected chi connectivity index (χ1v) is 11.3. The highest BCUT2D eigenvalue weighted by Gasteiger charge is 2.43. The number of hydrogen-bond acceptors (Lipinski definition) is 8. The number of aromatic nitrogens is 2. The number of hydrogen-bond donors (Lipinski definition) is 2. The summed E-state index contributed by atoms with van der Waals surface area (Å²) in [5.41, 5.74) is 6.45. The van der Waals surface area contributed by atoms with E-state index in [4.69, 9.17) is 15.2 Å². The van der Waals surface area contributed by atoms with Gasteiger partial charge in [0.1, 0.15) is 0 Å². The molecule has 0 saturated carbocycles. The molecule has 0 bridgehead atoms. The van der Waals surface area contributed by atoms with Gasteiger partial charge in [-0.15, -0.1) is 0 Å². The van der Waals surface area contributed by atoms with Gasteiger partial charge in [-0.25, -0.2) is 14.8 Å². The Kier molecular flexibility index (Phi) is 8.71. The minimum atomic E-state index is -4.62. The van der Waals surface area contributed by atoms with Crippen molar-refractivity contribution in [3.05, 3.63) is 18.5 Å². The summed E-state index contributed by atoms with van der Waals surface area (Å²) >= 11 is 0. The summed E-state index contributed by atoms with van der Waals surface area (Å²) in [5.74, 6) is 0.748. The third kappa shape index (κ3) is 6.67. The number of piperidine rings is 2. The van der Waals surface area contributed by atoms with Crippen LogP contribution in [0.4, 0.5) is 23.9 Å². The lowest BCUT2D eigenvalue weighted by Gasteiger charge is -2.44. The number of rotatable bonds is 7. The first-order valence-electron chi connectivity index (χ1n) is 11.3. The van der Waals surface area contributed by atoms with E-state index in [1.165, 1.54) is 4.90 Å². The maximum atomic E-state index is 12.9. The fraction of sp³-hybridized carbons (Fsp3) is 0.762. The van der Waals surface area contributed by atoms with Crippen LogP contribution >= 0.6 is 0 Å². The molecular formula is C21H33F3N6O3. The summed E-state index contributed by atoms with van der Waals surface area (Å²) in [4.78, 5) is 24.5. The largest absolute Gasteiger partial charge is 0.437 e. The van der Waals surface area contributed by atoms with Gasteiger partial charge in [0, 0.05) is 38.1 Å². The van der Waals surface area contributed by atoms with Gasteiger partial charge in [-0.05, 0) is 51.8 Å². The van der Waals surface area contributed by atoms with Crippen LogP contribution < -0.4 is 16.0 Å². The summed E-state index contributed by atoms with van der Waals surface area (Å²) in [6.45, 7) is 3.33. The Morgan fingerprint density at radius 3 is 2.52 bits per heavy atom. The van der Waals surface area contributed by atoms with E-state index in [1.807, 2.05) is 7.05 Å². The lowest BCUT2D eigenvalue weighted by molar-refractivity contribution is -0.201. The lowest BCUT2D eigenvalue weighted by Crippen LogP contribution is -2.62. The van der Waals surface area contributed by atoms with Gasteiger partial charge in [-0.3, -0.25) is 0 Å². The number of nitrogens with two attached hydrogens (primary N) is 1. The number of likely N-dealkylation sites (tertiary alicyclic amines) is 1. The Balaban J connectivity index is 1.59. The predicted octanol–water partition coefficient (Wildman–Crippen LogP) is 1.79. The van der Waals surface area contributed by atoms with Gasteiger partial charge < -0.3 is 30.3 Å². The predicted molar refractivity (Wildman–Crippen MR) is 116 cm³/mol. The van der Waals surface area contributed by atoms with Crippen molar-refractivity contribution in [1.82, 2.24) is 20.2 Å². The molecule has 0 spiro atoms. The van der Waals surface area contributed by atoms with Gasteiger partial charge in [-0.1, -0.05) is 0 Å². The molecule has 2 unspecified atom stereocenters. The van der Waals surface area contributed by atoms with Crippen molar-refractivity contribution in [2.75, 3.05) is 44.7 Å². The smallest absolute Gasteiger partial charge is 0.425 e. The maximum absolute atomic E-state index is 12.9. The molecule has 3 heterocycles. The standard InChI is InChI=1S/C21H33F3N6O3/c1-14(21(22,23)24)33-20(31)30-11-4-15(12-26-2)18(25)17(30)13-32-16-5-9-29(10-6-16)19-27-7-3-8-28-19/h3,7-8,14-18,26H,4-6,9-13,25H2,1-2H3/t14?,15?,17-,18-/m0/s1. The van der Waals surface area contributed by atoms with E-state index in [2.05, 4.69) is 20.2 Å². The van der Waals surface area contributed by atoms with Crippen LogP contribution in [-0.2, 0) is 9.47 Å². The molecule has 3 rings (SSSR count). The number of anilines is 1. The Morgan fingerprint density at radius 2 is 1.91 bits per heavy atom. The molecule has 4 atom stereocenters. The first kappa shape index (κ1) is 25.4. The Morgan fingerprint density at radius 1 is 1.24 bits per heavy atom. The van der Waals surface area contributed by atoms with Crippen molar-refractivity contribution in [2.45, 2.75) is 56.7 Å². The van der Waals surface area contributed by atoms with Crippen LogP contribution in [0.15, 0.2) is 18.5 Å². The average molecular weight is 475 g/mol. The second-order valence-electron chi connectivity index (χ2n) is 8.58. The maximum Gasteiger partial charge on any atom is 0.425 e. The van der Waals surface area contributed by atoms with Crippen molar-refractivity contribution < 1.29 is 27.4 Å². The van der Waals surface area contributed by atoms with Crippen molar-refractivity contribution in [3.63, 3.8) is 0 Å². The quantitative estimate of drug-likeness (QED) is 0.616. The first-order chi connectivity index (χ1) is 15.7. The molecule has 0 aromatic carbocycles. The Bertz CT molecular complexity index is 749. The van der Waals surface area contributed by atoms with Gasteiger partial charge in [0.05, 0.1) is 18.8 Å². The lowest BCUT2D eigenvalue weighted by atomic mass is 9.86. The zero-order valence-corrected chi connectivity index (χ0v) is 19.0. The third-order valence-electron chi connectivity index (χ3n) is 6.35. The van der Waals surface area contributed by atoms with E-state index in [0.717, 1.165) is 32.9 Å². The molecule has 0 radical (unpaired) electrons. The SMILES string of the molecule is CNCC1CCN(C(=O)OC(C)C(F)(F)F)[C@@H](COC2CCN(c3ncccn3)CC2)[C@H]1N. The van der Waals surface area contributed by atoms with Crippen LogP contribution in [0.1, 0.15) is 26.2 Å². The molecule has 2 fully saturated rings. The van der Waals surface area contributed by atoms with Crippen LogP contribution in [0.5, 0.6) is 0 Å². The van der Waals surface area contributed by atoms with Crippen LogP contribution in [0.2, 0.25) is 0 Å². The Hall–Kier alpha value is -2.18. The molecule has 33 heavy (non-hydrogen) atoms. The van der Waals surface area contributed by atoms with E-state index < -0.39 is 30.5 Å². The molecular weight excluding hydrogens is 441 g/mol. The van der Waals surface area contributed by atoms with E-state index in [9.17, 15) is 18.0 Å². The molecule has 12 heteroatoms. The number of amides is 1. The van der Waals surface area contributed by atoms with Gasteiger partial charge in [0.25, 0.3) is 0 Å². The van der Waals surface area contributed by atoms with Crippen LogP contribution in [0.25, 0.3) is 0 Å². The van der Waals surface area contributed by atoms with Crippen molar-refractivity contribution >= 4 is 12.0 Å². The molecule has 2 saturated heterocycles. The molecule has 3 N–H and O–H groups in total. The normalized spacial score (nSPS) is 25.7. The summed E-state index contributed by atoms with van der Waals surface area (Å²) < 4.78 is 49.5. The number of nitrogens with zero attached hydrogens (tertiary/aromatic N) is 4. The molecule has 2 aliphatic heterocycles. The van der Waals surface area contributed by atoms with Crippen molar-refractivity contribution in [3.8, 4) is 0 Å². The van der Waals surface area contributed by atoms with Gasteiger partial charge >= 0.3 is 12.3 Å². The van der Waals surface area contributed by atoms with Gasteiger partial charge in [0.2, 0.25) is 5.95 Å². The second kappa shape index (κ2) is 11.3. The number of nitrogens with one attached hydrogen (secondary N) is 1. The molecule has 1 aromatic heterocycles. The van der Waals surface area contributed by atoms with Crippen LogP contribution in [0.3, 0.4) is 0 Å². The molecule has 0 aliphatic carbocycles.